The molecule has 3 N–H and O–H groups in total. The van der Waals surface area contributed by atoms with E-state index >= 15 is 0 Å². The maximum absolute atomic E-state index is 6.11. The van der Waals surface area contributed by atoms with Crippen LogP contribution in [0, 0.1) is 0 Å². The molecule has 8 heteroatoms. The molecule has 0 spiro atoms. The maximum atomic E-state index is 6.11. The zero-order chi connectivity index (χ0) is 14.2. The first-order valence-electron chi connectivity index (χ1n) is 6.94. The van der Waals surface area contributed by atoms with Gasteiger partial charge in [-0.1, -0.05) is 5.16 Å². The van der Waals surface area contributed by atoms with Crippen LogP contribution in [0.3, 0.4) is 0 Å². The number of nitrogens with two attached hydrogens (primary N) is 1. The summed E-state index contributed by atoms with van der Waals surface area (Å²) in [5, 5.41) is 11.5. The van der Waals surface area contributed by atoms with Crippen LogP contribution in [0.4, 0.5) is 5.82 Å². The molecule has 0 saturated carbocycles. The highest BCUT2D eigenvalue weighted by atomic mass is 16.5. The van der Waals surface area contributed by atoms with E-state index < -0.39 is 0 Å². The van der Waals surface area contributed by atoms with Crippen LogP contribution in [-0.4, -0.2) is 37.8 Å². The van der Waals surface area contributed by atoms with Crippen molar-refractivity contribution in [2.75, 3.05) is 18.8 Å². The van der Waals surface area contributed by atoms with Gasteiger partial charge in [0.05, 0.1) is 17.5 Å². The van der Waals surface area contributed by atoms with E-state index in [-0.39, 0.29) is 0 Å². The number of nitrogens with one attached hydrogen (secondary N) is 1. The van der Waals surface area contributed by atoms with Gasteiger partial charge in [0, 0.05) is 18.5 Å². The average Bonchev–Trinajstić information content (AvgIpc) is 3.16. The summed E-state index contributed by atoms with van der Waals surface area (Å²) in [6, 6.07) is 1.90. The van der Waals surface area contributed by atoms with Crippen molar-refractivity contribution >= 4 is 11.5 Å². The van der Waals surface area contributed by atoms with Crippen LogP contribution in [0.1, 0.15) is 24.5 Å². The third-order valence-corrected chi connectivity index (χ3v) is 3.84. The summed E-state index contributed by atoms with van der Waals surface area (Å²) in [4.78, 5) is 8.79. The van der Waals surface area contributed by atoms with Crippen LogP contribution < -0.4 is 11.1 Å². The molecule has 1 aliphatic rings. The highest BCUT2D eigenvalue weighted by Gasteiger charge is 2.20. The van der Waals surface area contributed by atoms with Gasteiger partial charge in [-0.05, 0) is 19.4 Å². The van der Waals surface area contributed by atoms with Crippen LogP contribution in [0.15, 0.2) is 23.2 Å². The highest BCUT2D eigenvalue weighted by molar-refractivity contribution is 5.73. The molecule has 1 aliphatic heterocycles. The van der Waals surface area contributed by atoms with Gasteiger partial charge in [0.1, 0.15) is 5.82 Å². The van der Waals surface area contributed by atoms with Gasteiger partial charge in [0.15, 0.2) is 5.65 Å². The third kappa shape index (κ3) is 2.04. The van der Waals surface area contributed by atoms with Gasteiger partial charge in [0.2, 0.25) is 12.2 Å². The minimum atomic E-state index is 0.374. The molecule has 1 fully saturated rings. The molecule has 3 aromatic heterocycles. The van der Waals surface area contributed by atoms with E-state index in [1.54, 1.807) is 10.7 Å². The Morgan fingerprint density at radius 1 is 1.43 bits per heavy atom. The standard InChI is InChI=1S/C13H15N7O/c14-11-4-10(8-2-1-3-15-5-8)18-13-9(6-17-20(11)13)12-16-7-21-19-12/h4,6-8,15H,1-3,5,14H2. The van der Waals surface area contributed by atoms with Gasteiger partial charge in [0.25, 0.3) is 0 Å². The molecule has 21 heavy (non-hydrogen) atoms. The van der Waals surface area contributed by atoms with Crippen LogP contribution in [0.5, 0.6) is 0 Å². The summed E-state index contributed by atoms with van der Waals surface area (Å²) >= 11 is 0. The molecule has 1 unspecified atom stereocenters. The Morgan fingerprint density at radius 3 is 3.14 bits per heavy atom. The summed E-state index contributed by atoms with van der Waals surface area (Å²) in [6.45, 7) is 1.99. The number of aromatic nitrogens is 5. The van der Waals surface area contributed by atoms with Crippen molar-refractivity contribution in [3.05, 3.63) is 24.4 Å². The van der Waals surface area contributed by atoms with Gasteiger partial charge in [-0.3, -0.25) is 0 Å². The predicted octanol–water partition coefficient (Wildman–Crippen LogP) is 0.829. The molecule has 8 nitrogen and oxygen atoms in total. The van der Waals surface area contributed by atoms with Crippen molar-refractivity contribution in [1.82, 2.24) is 30.1 Å². The first-order valence-corrected chi connectivity index (χ1v) is 6.94. The molecule has 3 aromatic rings. The first-order chi connectivity index (χ1) is 10.3. The number of hydrogen-bond donors (Lipinski definition) is 2. The second-order valence-corrected chi connectivity index (χ2v) is 5.20. The zero-order valence-corrected chi connectivity index (χ0v) is 11.4. The van der Waals surface area contributed by atoms with E-state index in [0.29, 0.717) is 23.2 Å². The monoisotopic (exact) mass is 285 g/mol. The van der Waals surface area contributed by atoms with Crippen molar-refractivity contribution in [3.63, 3.8) is 0 Å². The van der Waals surface area contributed by atoms with Crippen molar-refractivity contribution in [2.24, 2.45) is 0 Å². The van der Waals surface area contributed by atoms with Crippen LogP contribution in [-0.2, 0) is 0 Å². The fourth-order valence-corrected chi connectivity index (χ4v) is 2.77. The SMILES string of the molecule is Nc1cc(C2CCCNC2)nc2c(-c3ncon3)cnn12. The van der Waals surface area contributed by atoms with Gasteiger partial charge in [-0.25, -0.2) is 4.98 Å². The minimum Gasteiger partial charge on any atom is -0.384 e. The first kappa shape index (κ1) is 12.3. The lowest BCUT2D eigenvalue weighted by molar-refractivity contribution is 0.419. The number of rotatable bonds is 2. The van der Waals surface area contributed by atoms with E-state index in [2.05, 4.69) is 20.6 Å². The van der Waals surface area contributed by atoms with Crippen LogP contribution >= 0.6 is 0 Å². The molecule has 0 aromatic carbocycles. The molecule has 0 aliphatic carbocycles. The normalized spacial score (nSPS) is 19.1. The van der Waals surface area contributed by atoms with Gasteiger partial charge >= 0.3 is 0 Å². The fraction of sp³-hybridized carbons (Fsp3) is 0.385. The molecule has 0 amide bonds. The van der Waals surface area contributed by atoms with Gasteiger partial charge in [-0.2, -0.15) is 14.6 Å². The minimum absolute atomic E-state index is 0.374. The molecule has 1 saturated heterocycles. The van der Waals surface area contributed by atoms with Crippen molar-refractivity contribution in [2.45, 2.75) is 18.8 Å². The van der Waals surface area contributed by atoms with Crippen molar-refractivity contribution in [3.8, 4) is 11.4 Å². The molecule has 1 atom stereocenters. The number of hydrogen-bond acceptors (Lipinski definition) is 7. The Bertz CT molecular complexity index is 758. The average molecular weight is 285 g/mol. The second-order valence-electron chi connectivity index (χ2n) is 5.20. The topological polar surface area (TPSA) is 107 Å². The highest BCUT2D eigenvalue weighted by Crippen LogP contribution is 2.27. The summed E-state index contributed by atoms with van der Waals surface area (Å²) in [5.74, 6) is 1.41. The Hall–Kier alpha value is -2.48. The van der Waals surface area contributed by atoms with Gasteiger partial charge < -0.3 is 15.6 Å². The van der Waals surface area contributed by atoms with Gasteiger partial charge in [-0.15, -0.1) is 0 Å². The summed E-state index contributed by atoms with van der Waals surface area (Å²) in [5.41, 5.74) is 8.48. The van der Waals surface area contributed by atoms with E-state index in [4.69, 9.17) is 15.2 Å². The van der Waals surface area contributed by atoms with E-state index in [0.717, 1.165) is 37.2 Å². The number of fused-ring (bicyclic) bond motifs is 1. The molecule has 4 heterocycles. The quantitative estimate of drug-likeness (QED) is 0.718. The molecule has 0 bridgehead atoms. The Morgan fingerprint density at radius 2 is 2.38 bits per heavy atom. The maximum Gasteiger partial charge on any atom is 0.214 e. The fourth-order valence-electron chi connectivity index (χ4n) is 2.77. The second kappa shape index (κ2) is 4.81. The Balaban J connectivity index is 1.85. The van der Waals surface area contributed by atoms with Crippen LogP contribution in [0.2, 0.25) is 0 Å². The Labute approximate surface area is 120 Å². The number of anilines is 1. The molecule has 108 valence electrons. The zero-order valence-electron chi connectivity index (χ0n) is 11.4. The van der Waals surface area contributed by atoms with E-state index in [1.807, 2.05) is 6.07 Å². The number of nitrogens with zero attached hydrogens (tertiary/aromatic N) is 5. The Kier molecular flexibility index (Phi) is 2.81. The molecule has 0 radical (unpaired) electrons. The smallest absolute Gasteiger partial charge is 0.214 e. The summed E-state index contributed by atoms with van der Waals surface area (Å²) < 4.78 is 6.40. The third-order valence-electron chi connectivity index (χ3n) is 3.84. The van der Waals surface area contributed by atoms with E-state index in [9.17, 15) is 0 Å². The summed E-state index contributed by atoms with van der Waals surface area (Å²) in [7, 11) is 0. The largest absolute Gasteiger partial charge is 0.384 e. The van der Waals surface area contributed by atoms with Crippen molar-refractivity contribution < 1.29 is 4.52 Å². The van der Waals surface area contributed by atoms with E-state index in [1.165, 1.54) is 6.39 Å². The lowest BCUT2D eigenvalue weighted by Gasteiger charge is -2.22. The molecular weight excluding hydrogens is 270 g/mol. The molecular formula is C13H15N7O. The predicted molar refractivity (Wildman–Crippen MR) is 75.5 cm³/mol. The number of nitrogen functional groups attached to an aromatic ring is 1. The lowest BCUT2D eigenvalue weighted by atomic mass is 9.96. The lowest BCUT2D eigenvalue weighted by Crippen LogP contribution is -2.29. The van der Waals surface area contributed by atoms with Crippen molar-refractivity contribution in [1.29, 1.82) is 0 Å². The summed E-state index contributed by atoms with van der Waals surface area (Å²) in [6.07, 6.45) is 5.21. The van der Waals surface area contributed by atoms with Crippen LogP contribution in [0.25, 0.3) is 17.0 Å². The number of piperidine rings is 1. The molecule has 4 rings (SSSR count).